The van der Waals surface area contributed by atoms with E-state index in [0.29, 0.717) is 6.04 Å². The van der Waals surface area contributed by atoms with Crippen molar-refractivity contribution < 1.29 is 14.4 Å². The number of ether oxygens (including phenoxy) is 2. The summed E-state index contributed by atoms with van der Waals surface area (Å²) in [6.07, 6.45) is 2.84. The van der Waals surface area contributed by atoms with Gasteiger partial charge in [0.15, 0.2) is 11.5 Å². The number of quaternary nitrogens is 1. The monoisotopic (exact) mass is 420 g/mol. The topological polar surface area (TPSA) is 38.5 Å². The summed E-state index contributed by atoms with van der Waals surface area (Å²) in [5.74, 6) is 1.74. The predicted molar refractivity (Wildman–Crippen MR) is 123 cm³/mol. The van der Waals surface area contributed by atoms with Gasteiger partial charge in [-0.15, -0.1) is 0 Å². The molecule has 2 aromatic rings. The number of nitrogens with one attached hydrogen (secondary N) is 1. The summed E-state index contributed by atoms with van der Waals surface area (Å²) in [4.78, 5) is 1.65. The number of rotatable bonds is 3. The zero-order valence-electron chi connectivity index (χ0n) is 19.4. The number of benzene rings is 2. The number of hydrazone groups is 1. The van der Waals surface area contributed by atoms with Crippen molar-refractivity contribution >= 4 is 5.71 Å². The Morgan fingerprint density at radius 2 is 1.94 bits per heavy atom. The van der Waals surface area contributed by atoms with E-state index in [-0.39, 0.29) is 6.04 Å². The summed E-state index contributed by atoms with van der Waals surface area (Å²) >= 11 is 0. The predicted octanol–water partition coefficient (Wildman–Crippen LogP) is 3.64. The van der Waals surface area contributed by atoms with Crippen LogP contribution in [0.15, 0.2) is 41.5 Å². The molecule has 0 aliphatic carbocycles. The van der Waals surface area contributed by atoms with Crippen LogP contribution in [0, 0.1) is 13.8 Å². The maximum atomic E-state index is 6.84. The van der Waals surface area contributed by atoms with Crippen LogP contribution in [0.5, 0.6) is 11.5 Å². The number of piperidine rings is 1. The molecule has 3 heterocycles. The third-order valence-electron chi connectivity index (χ3n) is 7.40. The molecule has 3 aliphatic heterocycles. The molecule has 31 heavy (non-hydrogen) atoms. The molecule has 1 fully saturated rings. The van der Waals surface area contributed by atoms with E-state index in [1.165, 1.54) is 28.0 Å². The van der Waals surface area contributed by atoms with Gasteiger partial charge in [-0.3, -0.25) is 0 Å². The van der Waals surface area contributed by atoms with E-state index >= 15 is 0 Å². The van der Waals surface area contributed by atoms with E-state index in [9.17, 15) is 0 Å². The first-order chi connectivity index (χ1) is 14.9. The zero-order valence-corrected chi connectivity index (χ0v) is 19.4. The first kappa shape index (κ1) is 20.4. The molecule has 164 valence electrons. The Morgan fingerprint density at radius 3 is 2.65 bits per heavy atom. The second-order valence-corrected chi connectivity index (χ2v) is 9.67. The fourth-order valence-corrected chi connectivity index (χ4v) is 5.51. The van der Waals surface area contributed by atoms with Crippen LogP contribution in [0.2, 0.25) is 0 Å². The summed E-state index contributed by atoms with van der Waals surface area (Å²) in [7, 11) is 1.73. The molecule has 5 nitrogen and oxygen atoms in total. The lowest BCUT2D eigenvalue weighted by Gasteiger charge is -2.50. The highest BCUT2D eigenvalue weighted by Gasteiger charge is 2.53. The summed E-state index contributed by atoms with van der Waals surface area (Å²) in [5.41, 5.74) is 5.78. The molecule has 1 saturated heterocycles. The Labute approximate surface area is 185 Å². The van der Waals surface area contributed by atoms with Crippen LogP contribution in [0.25, 0.3) is 0 Å². The second kappa shape index (κ2) is 7.56. The Balaban J connectivity index is 1.59. The number of hydrogen-bond donors (Lipinski definition) is 1. The molecular formula is C26H34N3O2+. The zero-order chi connectivity index (χ0) is 21.8. The largest absolute Gasteiger partial charge is 0.493 e. The van der Waals surface area contributed by atoms with Crippen LogP contribution in [0.3, 0.4) is 0 Å². The Morgan fingerprint density at radius 1 is 1.16 bits per heavy atom. The number of hydrogen-bond acceptors (Lipinski definition) is 4. The highest BCUT2D eigenvalue weighted by atomic mass is 16.5. The van der Waals surface area contributed by atoms with Crippen molar-refractivity contribution in [3.05, 3.63) is 58.7 Å². The van der Waals surface area contributed by atoms with Gasteiger partial charge in [0.25, 0.3) is 0 Å². The van der Waals surface area contributed by atoms with Gasteiger partial charge in [0.05, 0.1) is 50.8 Å². The van der Waals surface area contributed by atoms with Gasteiger partial charge in [-0.1, -0.05) is 29.8 Å². The van der Waals surface area contributed by atoms with E-state index < -0.39 is 5.72 Å². The number of nitrogens with zero attached hydrogens (tertiary/aromatic N) is 2. The maximum Gasteiger partial charge on any atom is 0.209 e. The lowest BCUT2D eigenvalue weighted by atomic mass is 9.89. The molecule has 1 spiro atoms. The van der Waals surface area contributed by atoms with E-state index in [1.54, 1.807) is 12.0 Å². The Kier molecular flexibility index (Phi) is 4.97. The summed E-state index contributed by atoms with van der Waals surface area (Å²) < 4.78 is 12.6. The molecule has 0 aromatic heterocycles. The fourth-order valence-electron chi connectivity index (χ4n) is 5.51. The maximum absolute atomic E-state index is 6.84. The lowest BCUT2D eigenvalue weighted by Crippen LogP contribution is -3.16. The number of likely N-dealkylation sites (tertiary alicyclic amines) is 1. The van der Waals surface area contributed by atoms with Crippen LogP contribution in [0.1, 0.15) is 61.4 Å². The summed E-state index contributed by atoms with van der Waals surface area (Å²) in [5, 5.41) is 7.57. The molecular weight excluding hydrogens is 386 g/mol. The van der Waals surface area contributed by atoms with Crippen molar-refractivity contribution in [3.63, 3.8) is 0 Å². The first-order valence-corrected chi connectivity index (χ1v) is 11.6. The molecule has 2 aromatic carbocycles. The van der Waals surface area contributed by atoms with Gasteiger partial charge in [0, 0.05) is 17.5 Å². The van der Waals surface area contributed by atoms with Gasteiger partial charge in [-0.25, -0.2) is 5.01 Å². The van der Waals surface area contributed by atoms with Crippen molar-refractivity contribution in [2.75, 3.05) is 20.2 Å². The molecule has 1 N–H and O–H groups in total. The van der Waals surface area contributed by atoms with Gasteiger partial charge in [-0.2, -0.15) is 5.10 Å². The third kappa shape index (κ3) is 3.30. The highest BCUT2D eigenvalue weighted by Crippen LogP contribution is 2.52. The van der Waals surface area contributed by atoms with Gasteiger partial charge in [-0.05, 0) is 45.4 Å². The summed E-state index contributed by atoms with van der Waals surface area (Å²) in [6, 6.07) is 13.7. The second-order valence-electron chi connectivity index (χ2n) is 9.67. The molecule has 5 rings (SSSR count). The molecule has 0 bridgehead atoms. The van der Waals surface area contributed by atoms with E-state index in [1.807, 2.05) is 6.07 Å². The van der Waals surface area contributed by atoms with Crippen LogP contribution in [-0.4, -0.2) is 42.7 Å². The quantitative estimate of drug-likeness (QED) is 0.824. The third-order valence-corrected chi connectivity index (χ3v) is 7.40. The van der Waals surface area contributed by atoms with E-state index in [2.05, 4.69) is 63.0 Å². The minimum Gasteiger partial charge on any atom is -0.493 e. The SMILES string of the molecule is COc1cccc2c1OC1(CC[NH+](C(C)C)CC1)N1N=C(c3cc(C)ccc3C)C[C@@H]21. The molecule has 0 amide bonds. The van der Waals surface area contributed by atoms with Crippen LogP contribution in [-0.2, 0) is 0 Å². The summed E-state index contributed by atoms with van der Waals surface area (Å²) in [6.45, 7) is 11.1. The molecule has 1 atom stereocenters. The van der Waals surface area contributed by atoms with Crippen LogP contribution < -0.4 is 14.4 Å². The van der Waals surface area contributed by atoms with Crippen molar-refractivity contribution in [1.29, 1.82) is 0 Å². The fraction of sp³-hybridized carbons (Fsp3) is 0.500. The Bertz CT molecular complexity index is 1020. The minimum absolute atomic E-state index is 0.189. The van der Waals surface area contributed by atoms with E-state index in [0.717, 1.165) is 43.9 Å². The van der Waals surface area contributed by atoms with Gasteiger partial charge in [0.1, 0.15) is 0 Å². The van der Waals surface area contributed by atoms with Gasteiger partial charge >= 0.3 is 0 Å². The minimum atomic E-state index is -0.399. The van der Waals surface area contributed by atoms with Crippen molar-refractivity contribution in [2.24, 2.45) is 5.10 Å². The van der Waals surface area contributed by atoms with Crippen LogP contribution >= 0.6 is 0 Å². The molecule has 0 unspecified atom stereocenters. The molecule has 0 saturated carbocycles. The molecule has 0 radical (unpaired) electrons. The standard InChI is InChI=1S/C26H33N3O2/c1-17(2)28-13-11-26(12-14-28)29-23(20-7-6-8-24(30-5)25(20)31-26)16-22(27-29)21-15-18(3)9-10-19(21)4/h6-10,15,17,23H,11-14,16H2,1-5H3/p+1/t23-/m0/s1. The van der Waals surface area contributed by atoms with Crippen LogP contribution in [0.4, 0.5) is 0 Å². The average Bonchev–Trinajstić information content (AvgIpc) is 3.22. The average molecular weight is 421 g/mol. The number of fused-ring (bicyclic) bond motifs is 4. The smallest absolute Gasteiger partial charge is 0.209 e. The van der Waals surface area contributed by atoms with Crippen molar-refractivity contribution in [1.82, 2.24) is 5.01 Å². The van der Waals surface area contributed by atoms with Gasteiger partial charge < -0.3 is 14.4 Å². The van der Waals surface area contributed by atoms with Crippen molar-refractivity contribution in [2.45, 2.75) is 64.8 Å². The highest BCUT2D eigenvalue weighted by molar-refractivity contribution is 6.03. The molecule has 3 aliphatic rings. The number of para-hydroxylation sites is 1. The molecule has 5 heteroatoms. The first-order valence-electron chi connectivity index (χ1n) is 11.6. The normalized spacial score (nSPS) is 27.0. The van der Waals surface area contributed by atoms with E-state index in [4.69, 9.17) is 14.6 Å². The van der Waals surface area contributed by atoms with Gasteiger partial charge in [0.2, 0.25) is 5.72 Å². The number of aryl methyl sites for hydroxylation is 2. The van der Waals surface area contributed by atoms with Crippen molar-refractivity contribution in [3.8, 4) is 11.5 Å². The Hall–Kier alpha value is -2.53. The lowest BCUT2D eigenvalue weighted by molar-refractivity contribution is -0.929. The number of methoxy groups -OCH3 is 1.